The maximum Gasteiger partial charge on any atom is 0.258 e. The molecule has 0 aliphatic carbocycles. The molecular weight excluding hydrogens is 506 g/mol. The van der Waals surface area contributed by atoms with Crippen LogP contribution in [0.15, 0.2) is 65.1 Å². The lowest BCUT2D eigenvalue weighted by Crippen LogP contribution is -2.47. The second-order valence-electron chi connectivity index (χ2n) is 8.86. The lowest BCUT2D eigenvalue weighted by Gasteiger charge is -2.29. The number of rotatable bonds is 10. The van der Waals surface area contributed by atoms with Gasteiger partial charge in [0.2, 0.25) is 11.8 Å². The molecule has 0 saturated carbocycles. The van der Waals surface area contributed by atoms with Crippen LogP contribution in [0.3, 0.4) is 0 Å². The molecule has 1 unspecified atom stereocenters. The van der Waals surface area contributed by atoms with Crippen LogP contribution in [0.2, 0.25) is 0 Å². The summed E-state index contributed by atoms with van der Waals surface area (Å²) in [6.07, 6.45) is 1.59. The largest absolute Gasteiger partial charge is 0.354 e. The van der Waals surface area contributed by atoms with E-state index in [0.29, 0.717) is 31.6 Å². The Kier molecular flexibility index (Phi) is 7.86. The van der Waals surface area contributed by atoms with E-state index < -0.39 is 6.04 Å². The molecule has 1 N–H and O–H groups in total. The molecule has 1 heterocycles. The fourth-order valence-electron chi connectivity index (χ4n) is 4.50. The first kappa shape index (κ1) is 24.9. The summed E-state index contributed by atoms with van der Waals surface area (Å²) in [5.41, 5.74) is 2.56. The van der Waals surface area contributed by atoms with E-state index in [1.165, 1.54) is 0 Å². The molecule has 0 fully saturated rings. The zero-order chi connectivity index (χ0) is 24.9. The lowest BCUT2D eigenvalue weighted by atomic mass is 10.1. The number of halogens is 1. The SMILES string of the molecule is CCCNC(=O)C(C)N(Cc1ccc(Br)cc1)C(=O)CCCN1C(=O)c2cccc3cccc1c23. The van der Waals surface area contributed by atoms with Crippen LogP contribution in [-0.4, -0.2) is 41.8 Å². The summed E-state index contributed by atoms with van der Waals surface area (Å²) in [7, 11) is 0. The molecule has 7 heteroatoms. The highest BCUT2D eigenvalue weighted by Gasteiger charge is 2.30. The van der Waals surface area contributed by atoms with Crippen LogP contribution >= 0.6 is 15.9 Å². The number of amides is 3. The molecule has 0 bridgehead atoms. The van der Waals surface area contributed by atoms with E-state index >= 15 is 0 Å². The van der Waals surface area contributed by atoms with Crippen LogP contribution in [0.1, 0.15) is 49.0 Å². The highest BCUT2D eigenvalue weighted by Crippen LogP contribution is 2.37. The summed E-state index contributed by atoms with van der Waals surface area (Å²) in [6, 6.07) is 18.8. The Balaban J connectivity index is 1.45. The molecule has 182 valence electrons. The summed E-state index contributed by atoms with van der Waals surface area (Å²) in [5, 5.41) is 4.91. The Morgan fingerprint density at radius 3 is 2.49 bits per heavy atom. The maximum atomic E-state index is 13.3. The van der Waals surface area contributed by atoms with E-state index in [2.05, 4.69) is 21.2 Å². The van der Waals surface area contributed by atoms with Crippen molar-refractivity contribution in [2.45, 2.75) is 45.7 Å². The Morgan fingerprint density at radius 1 is 1.06 bits per heavy atom. The van der Waals surface area contributed by atoms with E-state index in [0.717, 1.165) is 32.9 Å². The maximum absolute atomic E-state index is 13.3. The van der Waals surface area contributed by atoms with Crippen molar-refractivity contribution in [1.82, 2.24) is 10.2 Å². The predicted octanol–water partition coefficient (Wildman–Crippen LogP) is 5.29. The van der Waals surface area contributed by atoms with Crippen LogP contribution in [0.4, 0.5) is 5.69 Å². The topological polar surface area (TPSA) is 69.7 Å². The van der Waals surface area contributed by atoms with Crippen LogP contribution in [0.5, 0.6) is 0 Å². The Morgan fingerprint density at radius 2 is 1.77 bits per heavy atom. The van der Waals surface area contributed by atoms with Gasteiger partial charge in [0.25, 0.3) is 5.91 Å². The molecule has 4 rings (SSSR count). The number of carbonyl (C=O) groups excluding carboxylic acids is 3. The Hall–Kier alpha value is -3.19. The number of nitrogens with zero attached hydrogens (tertiary/aromatic N) is 2. The zero-order valence-electron chi connectivity index (χ0n) is 20.1. The normalized spacial score (nSPS) is 13.2. The molecule has 1 atom stereocenters. The fraction of sp³-hybridized carbons (Fsp3) is 0.321. The Labute approximate surface area is 214 Å². The van der Waals surface area contributed by atoms with Crippen LogP contribution in [0.25, 0.3) is 10.8 Å². The van der Waals surface area contributed by atoms with Gasteiger partial charge in [-0.05, 0) is 55.0 Å². The number of carbonyl (C=O) groups is 3. The van der Waals surface area contributed by atoms with Gasteiger partial charge in [-0.2, -0.15) is 0 Å². The van der Waals surface area contributed by atoms with E-state index in [1.54, 1.807) is 16.7 Å². The van der Waals surface area contributed by atoms with Gasteiger partial charge in [0.05, 0.1) is 5.69 Å². The van der Waals surface area contributed by atoms with E-state index in [4.69, 9.17) is 0 Å². The average Bonchev–Trinajstić information content (AvgIpc) is 3.14. The zero-order valence-corrected chi connectivity index (χ0v) is 21.7. The minimum atomic E-state index is -0.593. The van der Waals surface area contributed by atoms with E-state index in [-0.39, 0.29) is 24.1 Å². The van der Waals surface area contributed by atoms with Gasteiger partial charge in [-0.15, -0.1) is 0 Å². The third kappa shape index (κ3) is 5.40. The van der Waals surface area contributed by atoms with Gasteiger partial charge in [-0.1, -0.05) is 59.3 Å². The molecule has 1 aliphatic rings. The molecule has 0 spiro atoms. The fourth-order valence-corrected chi connectivity index (χ4v) is 4.76. The van der Waals surface area contributed by atoms with Crippen molar-refractivity contribution in [1.29, 1.82) is 0 Å². The number of benzene rings is 3. The third-order valence-electron chi connectivity index (χ3n) is 6.40. The molecule has 1 aliphatic heterocycles. The van der Waals surface area contributed by atoms with Gasteiger partial charge in [0, 0.05) is 41.5 Å². The predicted molar refractivity (Wildman–Crippen MR) is 142 cm³/mol. The molecule has 3 amide bonds. The molecule has 6 nitrogen and oxygen atoms in total. The van der Waals surface area contributed by atoms with Crippen molar-refractivity contribution in [2.24, 2.45) is 0 Å². The first-order valence-corrected chi connectivity index (χ1v) is 12.8. The summed E-state index contributed by atoms with van der Waals surface area (Å²) >= 11 is 3.44. The van der Waals surface area contributed by atoms with Crippen molar-refractivity contribution in [3.8, 4) is 0 Å². The highest BCUT2D eigenvalue weighted by atomic mass is 79.9. The highest BCUT2D eigenvalue weighted by molar-refractivity contribution is 9.10. The van der Waals surface area contributed by atoms with Crippen molar-refractivity contribution in [2.75, 3.05) is 18.0 Å². The third-order valence-corrected chi connectivity index (χ3v) is 6.93. The van der Waals surface area contributed by atoms with Crippen molar-refractivity contribution in [3.05, 3.63) is 76.3 Å². The van der Waals surface area contributed by atoms with Crippen LogP contribution < -0.4 is 10.2 Å². The minimum Gasteiger partial charge on any atom is -0.354 e. The van der Waals surface area contributed by atoms with E-state index in [1.807, 2.05) is 67.6 Å². The minimum absolute atomic E-state index is 0.0247. The first-order chi connectivity index (χ1) is 16.9. The average molecular weight is 536 g/mol. The second kappa shape index (κ2) is 11.0. The molecule has 3 aromatic carbocycles. The van der Waals surface area contributed by atoms with Gasteiger partial charge >= 0.3 is 0 Å². The first-order valence-electron chi connectivity index (χ1n) is 12.1. The summed E-state index contributed by atoms with van der Waals surface area (Å²) in [5.74, 6) is -0.285. The standard InChI is InChI=1S/C28H30BrN3O3/c1-3-16-30-27(34)19(2)32(18-20-12-14-22(29)15-13-20)25(33)11-6-17-31-24-10-5-8-21-7-4-9-23(26(21)24)28(31)35/h4-5,7-10,12-15,19H,3,6,11,16-18H2,1-2H3,(H,30,34). The van der Waals surface area contributed by atoms with Crippen LogP contribution in [-0.2, 0) is 16.1 Å². The quantitative estimate of drug-likeness (QED) is 0.383. The molecule has 0 radical (unpaired) electrons. The van der Waals surface area contributed by atoms with Crippen molar-refractivity contribution >= 4 is 50.1 Å². The monoisotopic (exact) mass is 535 g/mol. The smallest absolute Gasteiger partial charge is 0.258 e. The van der Waals surface area contributed by atoms with E-state index in [9.17, 15) is 14.4 Å². The summed E-state index contributed by atoms with van der Waals surface area (Å²) in [6.45, 7) is 5.13. The van der Waals surface area contributed by atoms with Gasteiger partial charge in [-0.25, -0.2) is 0 Å². The number of hydrogen-bond acceptors (Lipinski definition) is 3. The summed E-state index contributed by atoms with van der Waals surface area (Å²) < 4.78 is 0.958. The molecule has 3 aromatic rings. The molecule has 0 saturated heterocycles. The number of anilines is 1. The molecule has 0 aromatic heterocycles. The number of hydrogen-bond donors (Lipinski definition) is 1. The second-order valence-corrected chi connectivity index (χ2v) is 9.77. The Bertz CT molecular complexity index is 1240. The summed E-state index contributed by atoms with van der Waals surface area (Å²) in [4.78, 5) is 42.4. The van der Waals surface area contributed by atoms with Crippen molar-refractivity contribution < 1.29 is 14.4 Å². The lowest BCUT2D eigenvalue weighted by molar-refractivity contribution is -0.140. The number of nitrogens with one attached hydrogen (secondary N) is 1. The van der Waals surface area contributed by atoms with Crippen LogP contribution in [0, 0.1) is 0 Å². The van der Waals surface area contributed by atoms with Gasteiger partial charge < -0.3 is 15.1 Å². The molecule has 35 heavy (non-hydrogen) atoms. The van der Waals surface area contributed by atoms with Gasteiger partial charge in [0.15, 0.2) is 0 Å². The van der Waals surface area contributed by atoms with Crippen molar-refractivity contribution in [3.63, 3.8) is 0 Å². The molecular formula is C28H30BrN3O3. The van der Waals surface area contributed by atoms with Gasteiger partial charge in [0.1, 0.15) is 6.04 Å². The van der Waals surface area contributed by atoms with Gasteiger partial charge in [-0.3, -0.25) is 14.4 Å².